The molecule has 2 saturated heterocycles. The third-order valence-electron chi connectivity index (χ3n) is 5.33. The summed E-state index contributed by atoms with van der Waals surface area (Å²) >= 11 is 0. The van der Waals surface area contributed by atoms with E-state index in [9.17, 15) is 0 Å². The Morgan fingerprint density at radius 1 is 1.10 bits per heavy atom. The summed E-state index contributed by atoms with van der Waals surface area (Å²) in [6, 6.07) is 0.656. The molecule has 0 spiro atoms. The standard InChI is InChI=1S/C17H35N3O/c1-14(2)19-10-6-15(7-11-19)21-16(3,4)20-12-8-17(5,18)9-13-20/h14-15H,6-13,18H2,1-5H3. The lowest BCUT2D eigenvalue weighted by molar-refractivity contribution is -0.182. The van der Waals surface area contributed by atoms with Gasteiger partial charge >= 0.3 is 0 Å². The normalized spacial score (nSPS) is 26.4. The van der Waals surface area contributed by atoms with E-state index in [0.717, 1.165) is 38.8 Å². The molecule has 2 heterocycles. The molecule has 2 aliphatic rings. The van der Waals surface area contributed by atoms with Gasteiger partial charge < -0.3 is 15.4 Å². The lowest BCUT2D eigenvalue weighted by atomic mass is 9.90. The van der Waals surface area contributed by atoms with E-state index in [1.807, 2.05) is 0 Å². The van der Waals surface area contributed by atoms with Gasteiger partial charge in [-0.3, -0.25) is 4.90 Å². The van der Waals surface area contributed by atoms with E-state index in [-0.39, 0.29) is 11.3 Å². The highest BCUT2D eigenvalue weighted by Crippen LogP contribution is 2.29. The van der Waals surface area contributed by atoms with Gasteiger partial charge in [0, 0.05) is 37.8 Å². The Labute approximate surface area is 131 Å². The molecule has 0 atom stereocenters. The van der Waals surface area contributed by atoms with Crippen molar-refractivity contribution in [2.24, 2.45) is 5.73 Å². The van der Waals surface area contributed by atoms with E-state index in [4.69, 9.17) is 10.5 Å². The molecule has 0 amide bonds. The van der Waals surface area contributed by atoms with Gasteiger partial charge in [0.2, 0.25) is 0 Å². The van der Waals surface area contributed by atoms with Crippen molar-refractivity contribution >= 4 is 0 Å². The number of nitrogens with zero attached hydrogens (tertiary/aromatic N) is 2. The van der Waals surface area contributed by atoms with Crippen molar-refractivity contribution in [3.05, 3.63) is 0 Å². The molecule has 2 N–H and O–H groups in total. The molecule has 0 unspecified atom stereocenters. The number of likely N-dealkylation sites (tertiary alicyclic amines) is 2. The fourth-order valence-electron chi connectivity index (χ4n) is 3.55. The van der Waals surface area contributed by atoms with Crippen LogP contribution >= 0.6 is 0 Å². The van der Waals surface area contributed by atoms with Crippen LogP contribution in [-0.2, 0) is 4.74 Å². The quantitative estimate of drug-likeness (QED) is 0.865. The molecule has 0 aromatic heterocycles. The molecule has 0 radical (unpaired) electrons. The van der Waals surface area contributed by atoms with Crippen molar-refractivity contribution in [1.29, 1.82) is 0 Å². The van der Waals surface area contributed by atoms with Gasteiger partial charge in [-0.15, -0.1) is 0 Å². The zero-order chi connectivity index (χ0) is 15.7. The van der Waals surface area contributed by atoms with Gasteiger partial charge in [-0.05, 0) is 60.3 Å². The van der Waals surface area contributed by atoms with Crippen LogP contribution in [0.1, 0.15) is 60.3 Å². The number of nitrogens with two attached hydrogens (primary N) is 1. The molecule has 0 saturated carbocycles. The van der Waals surface area contributed by atoms with Crippen LogP contribution in [0.2, 0.25) is 0 Å². The molecule has 2 aliphatic heterocycles. The monoisotopic (exact) mass is 297 g/mol. The van der Waals surface area contributed by atoms with Gasteiger partial charge in [0.1, 0.15) is 5.72 Å². The van der Waals surface area contributed by atoms with Crippen LogP contribution in [0.5, 0.6) is 0 Å². The smallest absolute Gasteiger partial charge is 0.116 e. The summed E-state index contributed by atoms with van der Waals surface area (Å²) in [4.78, 5) is 5.02. The predicted molar refractivity (Wildman–Crippen MR) is 88.3 cm³/mol. The fourth-order valence-corrected chi connectivity index (χ4v) is 3.55. The van der Waals surface area contributed by atoms with Gasteiger partial charge in [-0.25, -0.2) is 0 Å². The van der Waals surface area contributed by atoms with Crippen LogP contribution in [0.15, 0.2) is 0 Å². The van der Waals surface area contributed by atoms with Gasteiger partial charge in [0.15, 0.2) is 0 Å². The summed E-state index contributed by atoms with van der Waals surface area (Å²) in [6.45, 7) is 15.6. The number of rotatable bonds is 4. The third kappa shape index (κ3) is 4.65. The van der Waals surface area contributed by atoms with Crippen molar-refractivity contribution in [3.63, 3.8) is 0 Å². The van der Waals surface area contributed by atoms with Gasteiger partial charge in [0.25, 0.3) is 0 Å². The van der Waals surface area contributed by atoms with Crippen molar-refractivity contribution in [3.8, 4) is 0 Å². The number of piperidine rings is 2. The summed E-state index contributed by atoms with van der Waals surface area (Å²) in [5.74, 6) is 0. The van der Waals surface area contributed by atoms with Gasteiger partial charge in [-0.1, -0.05) is 0 Å². The Hall–Kier alpha value is -0.160. The van der Waals surface area contributed by atoms with E-state index < -0.39 is 0 Å². The topological polar surface area (TPSA) is 41.7 Å². The first-order chi connectivity index (χ1) is 9.70. The molecule has 2 fully saturated rings. The first-order valence-electron chi connectivity index (χ1n) is 8.65. The maximum absolute atomic E-state index is 6.47. The maximum atomic E-state index is 6.47. The average molecular weight is 297 g/mol. The zero-order valence-corrected chi connectivity index (χ0v) is 14.7. The largest absolute Gasteiger partial charge is 0.358 e. The average Bonchev–Trinajstić information content (AvgIpc) is 2.38. The molecule has 0 bridgehead atoms. The second-order valence-corrected chi connectivity index (χ2v) is 8.03. The third-order valence-corrected chi connectivity index (χ3v) is 5.33. The molecule has 2 rings (SSSR count). The minimum atomic E-state index is -0.166. The zero-order valence-electron chi connectivity index (χ0n) is 14.7. The molecule has 0 aromatic rings. The lowest BCUT2D eigenvalue weighted by Crippen LogP contribution is -2.57. The van der Waals surface area contributed by atoms with Crippen LogP contribution in [0.25, 0.3) is 0 Å². The number of hydrogen-bond acceptors (Lipinski definition) is 4. The van der Waals surface area contributed by atoms with Crippen molar-refractivity contribution in [2.75, 3.05) is 26.2 Å². The molecule has 0 aliphatic carbocycles. The predicted octanol–water partition coefficient (Wildman–Crippen LogP) is 2.43. The van der Waals surface area contributed by atoms with E-state index in [1.165, 1.54) is 13.1 Å². The Kier molecular flexibility index (Phi) is 5.35. The van der Waals surface area contributed by atoms with Crippen molar-refractivity contribution in [1.82, 2.24) is 9.80 Å². The Balaban J connectivity index is 1.82. The SMILES string of the molecule is CC(C)N1CCC(OC(C)(C)N2CCC(C)(N)CC2)CC1. The summed E-state index contributed by atoms with van der Waals surface area (Å²) in [7, 11) is 0. The molecule has 4 nitrogen and oxygen atoms in total. The summed E-state index contributed by atoms with van der Waals surface area (Å²) in [5, 5.41) is 0. The second-order valence-electron chi connectivity index (χ2n) is 8.03. The minimum absolute atomic E-state index is 0.00911. The van der Waals surface area contributed by atoms with Crippen molar-refractivity contribution in [2.45, 2.75) is 83.7 Å². The Bertz CT molecular complexity index is 323. The van der Waals surface area contributed by atoms with Gasteiger partial charge in [-0.2, -0.15) is 0 Å². The Morgan fingerprint density at radius 3 is 2.10 bits per heavy atom. The second kappa shape index (κ2) is 6.53. The first-order valence-corrected chi connectivity index (χ1v) is 8.65. The minimum Gasteiger partial charge on any atom is -0.358 e. The van der Waals surface area contributed by atoms with Crippen LogP contribution in [0, 0.1) is 0 Å². The number of hydrogen-bond donors (Lipinski definition) is 1. The first kappa shape index (κ1) is 17.2. The number of ether oxygens (including phenoxy) is 1. The van der Waals surface area contributed by atoms with Crippen LogP contribution < -0.4 is 5.73 Å². The summed E-state index contributed by atoms with van der Waals surface area (Å²) < 4.78 is 6.47. The van der Waals surface area contributed by atoms with Gasteiger partial charge in [0.05, 0.1) is 6.10 Å². The molecule has 0 aromatic carbocycles. The summed E-state index contributed by atoms with van der Waals surface area (Å²) in [6.07, 6.45) is 4.84. The highest BCUT2D eigenvalue weighted by atomic mass is 16.5. The molecular formula is C17H35N3O. The molecule has 124 valence electrons. The van der Waals surface area contributed by atoms with Crippen LogP contribution in [-0.4, -0.2) is 59.4 Å². The van der Waals surface area contributed by atoms with E-state index >= 15 is 0 Å². The Morgan fingerprint density at radius 2 is 1.62 bits per heavy atom. The molecular weight excluding hydrogens is 262 g/mol. The van der Waals surface area contributed by atoms with Crippen LogP contribution in [0.4, 0.5) is 0 Å². The lowest BCUT2D eigenvalue weighted by Gasteiger charge is -2.47. The van der Waals surface area contributed by atoms with E-state index in [1.54, 1.807) is 0 Å². The molecule has 4 heteroatoms. The van der Waals surface area contributed by atoms with Crippen molar-refractivity contribution < 1.29 is 4.74 Å². The van der Waals surface area contributed by atoms with Crippen LogP contribution in [0.3, 0.4) is 0 Å². The molecule has 21 heavy (non-hydrogen) atoms. The highest BCUT2D eigenvalue weighted by molar-refractivity contribution is 4.89. The highest BCUT2D eigenvalue weighted by Gasteiger charge is 2.36. The maximum Gasteiger partial charge on any atom is 0.116 e. The van der Waals surface area contributed by atoms with E-state index in [2.05, 4.69) is 44.4 Å². The fraction of sp³-hybridized carbons (Fsp3) is 1.00. The van der Waals surface area contributed by atoms with E-state index in [0.29, 0.717) is 12.1 Å². The summed E-state index contributed by atoms with van der Waals surface area (Å²) in [5.41, 5.74) is 6.08.